The molecule has 0 saturated carbocycles. The zero-order valence-corrected chi connectivity index (χ0v) is 8.47. The van der Waals surface area contributed by atoms with Gasteiger partial charge in [0.2, 0.25) is 0 Å². The van der Waals surface area contributed by atoms with Crippen LogP contribution in [0, 0.1) is 0 Å². The molecule has 0 radical (unpaired) electrons. The molecule has 0 amide bonds. The van der Waals surface area contributed by atoms with E-state index in [1.807, 2.05) is 23.0 Å². The van der Waals surface area contributed by atoms with Crippen molar-refractivity contribution in [1.29, 1.82) is 0 Å². The number of aromatic nitrogens is 2. The molecule has 0 aliphatic rings. The van der Waals surface area contributed by atoms with E-state index in [0.29, 0.717) is 0 Å². The number of hydrogen-bond donors (Lipinski definition) is 0. The molecule has 2 rings (SSSR count). The van der Waals surface area contributed by atoms with Crippen LogP contribution in [-0.4, -0.2) is 9.97 Å². The van der Waals surface area contributed by atoms with Crippen LogP contribution < -0.4 is 0 Å². The van der Waals surface area contributed by atoms with Crippen molar-refractivity contribution in [3.63, 3.8) is 0 Å². The Morgan fingerprint density at radius 1 is 1.33 bits per heavy atom. The number of hydrogen-bond acceptors (Lipinski definition) is 3. The number of nitrogens with zero attached hydrogens (tertiary/aromatic N) is 2. The van der Waals surface area contributed by atoms with Gasteiger partial charge < -0.3 is 0 Å². The second-order valence-corrected chi connectivity index (χ2v) is 3.69. The molecule has 4 heteroatoms. The Labute approximate surface area is 82.4 Å². The van der Waals surface area contributed by atoms with Crippen LogP contribution in [0.2, 0.25) is 0 Å². The van der Waals surface area contributed by atoms with Crippen molar-refractivity contribution in [2.45, 2.75) is 0 Å². The number of halogens is 1. The van der Waals surface area contributed by atoms with Gasteiger partial charge in [-0.1, -0.05) is 0 Å². The van der Waals surface area contributed by atoms with E-state index in [1.54, 1.807) is 17.5 Å². The summed E-state index contributed by atoms with van der Waals surface area (Å²) in [6, 6.07) is 3.89. The average Bonchev–Trinajstić information content (AvgIpc) is 2.57. The van der Waals surface area contributed by atoms with Crippen LogP contribution in [0.3, 0.4) is 0 Å². The minimum atomic E-state index is 0.843. The molecule has 2 aromatic rings. The van der Waals surface area contributed by atoms with Gasteiger partial charge in [-0.3, -0.25) is 0 Å². The van der Waals surface area contributed by atoms with Crippen molar-refractivity contribution in [3.05, 3.63) is 33.8 Å². The Balaban J connectivity index is 2.55. The average molecular weight is 241 g/mol. The third-order valence-electron chi connectivity index (χ3n) is 1.47. The summed E-state index contributed by atoms with van der Waals surface area (Å²) < 4.78 is 0.843. The Kier molecular flexibility index (Phi) is 2.19. The summed E-state index contributed by atoms with van der Waals surface area (Å²) >= 11 is 4.95. The molecule has 60 valence electrons. The fourth-order valence-electron chi connectivity index (χ4n) is 0.923. The first-order chi connectivity index (χ1) is 5.88. The van der Waals surface area contributed by atoms with Gasteiger partial charge in [-0.05, 0) is 28.1 Å². The van der Waals surface area contributed by atoms with Crippen molar-refractivity contribution < 1.29 is 0 Å². The molecule has 2 nitrogen and oxygen atoms in total. The lowest BCUT2D eigenvalue weighted by atomic mass is 10.2. The second-order valence-electron chi connectivity index (χ2n) is 2.22. The van der Waals surface area contributed by atoms with Gasteiger partial charge in [-0.25, -0.2) is 9.97 Å². The highest BCUT2D eigenvalue weighted by atomic mass is 79.9. The molecule has 0 spiro atoms. The molecule has 0 saturated heterocycles. The largest absolute Gasteiger partial charge is 0.249 e. The highest BCUT2D eigenvalue weighted by Crippen LogP contribution is 2.25. The third-order valence-corrected chi connectivity index (χ3v) is 2.69. The van der Waals surface area contributed by atoms with Gasteiger partial charge in [-0.15, -0.1) is 11.3 Å². The zero-order valence-electron chi connectivity index (χ0n) is 6.07. The Hall–Kier alpha value is -0.740. The molecule has 0 aromatic carbocycles. The number of rotatable bonds is 1. The van der Waals surface area contributed by atoms with Gasteiger partial charge >= 0.3 is 0 Å². The monoisotopic (exact) mass is 240 g/mol. The van der Waals surface area contributed by atoms with Crippen LogP contribution in [0.1, 0.15) is 0 Å². The maximum atomic E-state index is 4.20. The minimum absolute atomic E-state index is 0.843. The Bertz CT molecular complexity index is 372. The molecule has 0 unspecified atom stereocenters. The van der Waals surface area contributed by atoms with Crippen molar-refractivity contribution in [1.82, 2.24) is 9.97 Å². The van der Waals surface area contributed by atoms with E-state index in [-0.39, 0.29) is 0 Å². The van der Waals surface area contributed by atoms with Gasteiger partial charge in [0, 0.05) is 17.1 Å². The fraction of sp³-hybridized carbons (Fsp3) is 0. The lowest BCUT2D eigenvalue weighted by Crippen LogP contribution is -1.81. The third kappa shape index (κ3) is 1.40. The molecule has 0 aliphatic carbocycles. The first-order valence-corrected chi connectivity index (χ1v) is 5.10. The molecule has 0 bridgehead atoms. The van der Waals surface area contributed by atoms with Crippen molar-refractivity contribution in [2.24, 2.45) is 0 Å². The van der Waals surface area contributed by atoms with E-state index in [1.165, 1.54) is 0 Å². The summed E-state index contributed by atoms with van der Waals surface area (Å²) in [7, 11) is 0. The molecule has 0 atom stereocenters. The highest BCUT2D eigenvalue weighted by Gasteiger charge is 2.03. The molecule has 0 fully saturated rings. The topological polar surface area (TPSA) is 25.8 Å². The Morgan fingerprint density at radius 2 is 2.25 bits per heavy atom. The summed E-state index contributed by atoms with van der Waals surface area (Å²) in [6.45, 7) is 0. The Morgan fingerprint density at radius 3 is 2.92 bits per heavy atom. The smallest absolute Gasteiger partial charge is 0.115 e. The minimum Gasteiger partial charge on any atom is -0.249 e. The number of pyridine rings is 1. The SMILES string of the molecule is Brc1ncccc1-c1cscn1. The van der Waals surface area contributed by atoms with Gasteiger partial charge in [-0.2, -0.15) is 0 Å². The van der Waals surface area contributed by atoms with Gasteiger partial charge in [0.1, 0.15) is 4.60 Å². The standard InChI is InChI=1S/C8H5BrN2S/c9-8-6(2-1-3-10-8)7-4-12-5-11-7/h1-5H. The van der Waals surface area contributed by atoms with Crippen LogP contribution in [-0.2, 0) is 0 Å². The fourth-order valence-corrected chi connectivity index (χ4v) is 1.93. The van der Waals surface area contributed by atoms with Crippen molar-refractivity contribution >= 4 is 27.3 Å². The molecule has 0 N–H and O–H groups in total. The molecule has 12 heavy (non-hydrogen) atoms. The highest BCUT2D eigenvalue weighted by molar-refractivity contribution is 9.10. The maximum absolute atomic E-state index is 4.20. The summed E-state index contributed by atoms with van der Waals surface area (Å²) in [4.78, 5) is 8.31. The van der Waals surface area contributed by atoms with Crippen molar-refractivity contribution in [3.8, 4) is 11.3 Å². The van der Waals surface area contributed by atoms with E-state index >= 15 is 0 Å². The van der Waals surface area contributed by atoms with Crippen molar-refractivity contribution in [2.75, 3.05) is 0 Å². The molecular weight excluding hydrogens is 236 g/mol. The molecule has 0 aliphatic heterocycles. The second kappa shape index (κ2) is 3.33. The first-order valence-electron chi connectivity index (χ1n) is 3.37. The summed E-state index contributed by atoms with van der Waals surface area (Å²) in [5.74, 6) is 0. The van der Waals surface area contributed by atoms with Crippen LogP contribution in [0.25, 0.3) is 11.3 Å². The predicted molar refractivity (Wildman–Crippen MR) is 53.0 cm³/mol. The summed E-state index contributed by atoms with van der Waals surface area (Å²) in [5.41, 5.74) is 3.83. The van der Waals surface area contributed by atoms with Crippen LogP contribution in [0.15, 0.2) is 33.8 Å². The van der Waals surface area contributed by atoms with Gasteiger partial charge in [0.25, 0.3) is 0 Å². The quantitative estimate of drug-likeness (QED) is 0.717. The lowest BCUT2D eigenvalue weighted by molar-refractivity contribution is 1.26. The summed E-state index contributed by atoms with van der Waals surface area (Å²) in [5, 5.41) is 2.00. The normalized spacial score (nSPS) is 10.1. The zero-order chi connectivity index (χ0) is 8.39. The van der Waals surface area contributed by atoms with Gasteiger partial charge in [0.05, 0.1) is 11.2 Å². The van der Waals surface area contributed by atoms with Crippen LogP contribution in [0.4, 0.5) is 0 Å². The van der Waals surface area contributed by atoms with Crippen LogP contribution >= 0.6 is 27.3 Å². The van der Waals surface area contributed by atoms with Crippen LogP contribution in [0.5, 0.6) is 0 Å². The van der Waals surface area contributed by atoms with E-state index in [4.69, 9.17) is 0 Å². The first kappa shape index (κ1) is 7.89. The molecule has 2 aromatic heterocycles. The summed E-state index contributed by atoms with van der Waals surface area (Å²) in [6.07, 6.45) is 1.75. The van der Waals surface area contributed by atoms with E-state index in [9.17, 15) is 0 Å². The molecule has 2 heterocycles. The van der Waals surface area contributed by atoms with E-state index in [2.05, 4.69) is 25.9 Å². The van der Waals surface area contributed by atoms with E-state index < -0.39 is 0 Å². The lowest BCUT2D eigenvalue weighted by Gasteiger charge is -1.97. The molecular formula is C8H5BrN2S. The van der Waals surface area contributed by atoms with E-state index in [0.717, 1.165) is 15.9 Å². The maximum Gasteiger partial charge on any atom is 0.115 e. The van der Waals surface area contributed by atoms with Gasteiger partial charge in [0.15, 0.2) is 0 Å². The number of thiazole rings is 1. The predicted octanol–water partition coefficient (Wildman–Crippen LogP) is 2.97.